The third-order valence-electron chi connectivity index (χ3n) is 2.38. The van der Waals surface area contributed by atoms with E-state index in [1.807, 2.05) is 13.8 Å². The summed E-state index contributed by atoms with van der Waals surface area (Å²) in [5.41, 5.74) is 0.638. The second kappa shape index (κ2) is 4.25. The maximum absolute atomic E-state index is 12.6. The van der Waals surface area contributed by atoms with Gasteiger partial charge in [-0.2, -0.15) is 13.2 Å². The molecule has 0 spiro atoms. The van der Waals surface area contributed by atoms with E-state index in [2.05, 4.69) is 0 Å². The van der Waals surface area contributed by atoms with E-state index in [9.17, 15) is 13.2 Å². The van der Waals surface area contributed by atoms with E-state index < -0.39 is 11.7 Å². The van der Waals surface area contributed by atoms with E-state index in [0.717, 1.165) is 11.6 Å². The van der Waals surface area contributed by atoms with Gasteiger partial charge in [0, 0.05) is 0 Å². The molecule has 0 aliphatic heterocycles. The molecule has 0 nitrogen and oxygen atoms in total. The van der Waals surface area contributed by atoms with Gasteiger partial charge < -0.3 is 0 Å². The molecule has 0 amide bonds. The average molecular weight is 216 g/mol. The van der Waals surface area contributed by atoms with Crippen molar-refractivity contribution in [2.24, 2.45) is 5.92 Å². The van der Waals surface area contributed by atoms with Gasteiger partial charge >= 0.3 is 6.18 Å². The summed E-state index contributed by atoms with van der Waals surface area (Å²) >= 11 is 0. The molecule has 3 heteroatoms. The van der Waals surface area contributed by atoms with Crippen LogP contribution in [0, 0.1) is 12.8 Å². The van der Waals surface area contributed by atoms with Crippen molar-refractivity contribution in [3.05, 3.63) is 34.9 Å². The van der Waals surface area contributed by atoms with Crippen LogP contribution >= 0.6 is 0 Å². The number of hydrogen-bond acceptors (Lipinski definition) is 0. The number of halogens is 3. The molecular weight excluding hydrogens is 201 g/mol. The highest BCUT2D eigenvalue weighted by Crippen LogP contribution is 2.33. The lowest BCUT2D eigenvalue weighted by Gasteiger charge is -2.14. The monoisotopic (exact) mass is 216 g/mol. The van der Waals surface area contributed by atoms with E-state index in [-0.39, 0.29) is 0 Å². The van der Waals surface area contributed by atoms with Crippen LogP contribution in [-0.4, -0.2) is 0 Å². The van der Waals surface area contributed by atoms with E-state index >= 15 is 0 Å². The molecule has 84 valence electrons. The van der Waals surface area contributed by atoms with Crippen LogP contribution in [-0.2, 0) is 12.6 Å². The van der Waals surface area contributed by atoms with Gasteiger partial charge in [0.1, 0.15) is 0 Å². The topological polar surface area (TPSA) is 0 Å². The van der Waals surface area contributed by atoms with Crippen LogP contribution in [0.4, 0.5) is 13.2 Å². The Morgan fingerprint density at radius 1 is 1.20 bits per heavy atom. The van der Waals surface area contributed by atoms with E-state index in [1.54, 1.807) is 13.0 Å². The molecule has 0 aliphatic carbocycles. The third kappa shape index (κ3) is 2.98. The average Bonchev–Trinajstić information content (AvgIpc) is 2.05. The number of hydrogen-bond donors (Lipinski definition) is 0. The Balaban J connectivity index is 3.12. The van der Waals surface area contributed by atoms with Crippen LogP contribution < -0.4 is 0 Å². The minimum absolute atomic E-state index is 0.360. The minimum atomic E-state index is -4.24. The molecule has 0 fully saturated rings. The summed E-state index contributed by atoms with van der Waals surface area (Å²) in [5.74, 6) is 0.368. The first-order chi connectivity index (χ1) is 6.82. The largest absolute Gasteiger partial charge is 0.416 e. The SMILES string of the molecule is Cc1c(CC(C)C)cccc1C(F)(F)F. The summed E-state index contributed by atoms with van der Waals surface area (Å²) in [7, 11) is 0. The van der Waals surface area contributed by atoms with Crippen LogP contribution in [0.15, 0.2) is 18.2 Å². The molecular formula is C12H15F3. The van der Waals surface area contributed by atoms with Gasteiger partial charge in [-0.05, 0) is 36.5 Å². The summed E-state index contributed by atoms with van der Waals surface area (Å²) in [6.45, 7) is 5.54. The molecule has 1 rings (SSSR count). The Morgan fingerprint density at radius 2 is 1.80 bits per heavy atom. The Bertz CT molecular complexity index is 337. The van der Waals surface area contributed by atoms with Gasteiger partial charge in [-0.15, -0.1) is 0 Å². The maximum atomic E-state index is 12.6. The fraction of sp³-hybridized carbons (Fsp3) is 0.500. The lowest BCUT2D eigenvalue weighted by molar-refractivity contribution is -0.138. The van der Waals surface area contributed by atoms with Gasteiger partial charge in [-0.25, -0.2) is 0 Å². The Morgan fingerprint density at radius 3 is 2.27 bits per heavy atom. The standard InChI is InChI=1S/C12H15F3/c1-8(2)7-10-5-4-6-11(9(10)3)12(13,14)15/h4-6,8H,7H2,1-3H3. The Kier molecular flexibility index (Phi) is 3.42. The van der Waals surface area contributed by atoms with E-state index in [0.29, 0.717) is 17.9 Å². The molecule has 0 saturated heterocycles. The summed E-state index contributed by atoms with van der Waals surface area (Å²) in [6, 6.07) is 4.39. The molecule has 0 unspecified atom stereocenters. The van der Waals surface area contributed by atoms with Gasteiger partial charge in [0.25, 0.3) is 0 Å². The number of rotatable bonds is 2. The van der Waals surface area contributed by atoms with Gasteiger partial charge in [0.05, 0.1) is 5.56 Å². The van der Waals surface area contributed by atoms with Gasteiger partial charge in [0.2, 0.25) is 0 Å². The van der Waals surface area contributed by atoms with Gasteiger partial charge in [-0.3, -0.25) is 0 Å². The molecule has 0 N–H and O–H groups in total. The first-order valence-corrected chi connectivity index (χ1v) is 4.98. The van der Waals surface area contributed by atoms with Crippen molar-refractivity contribution in [2.45, 2.75) is 33.4 Å². The first-order valence-electron chi connectivity index (χ1n) is 4.98. The molecule has 0 aromatic heterocycles. The van der Waals surface area contributed by atoms with Crippen molar-refractivity contribution >= 4 is 0 Å². The minimum Gasteiger partial charge on any atom is -0.166 e. The number of benzene rings is 1. The zero-order valence-electron chi connectivity index (χ0n) is 9.15. The molecule has 0 aliphatic rings. The molecule has 0 heterocycles. The summed E-state index contributed by atoms with van der Waals surface area (Å²) in [4.78, 5) is 0. The van der Waals surface area contributed by atoms with Crippen LogP contribution in [0.2, 0.25) is 0 Å². The zero-order chi connectivity index (χ0) is 11.6. The normalized spacial score (nSPS) is 12.2. The Hall–Kier alpha value is -0.990. The third-order valence-corrected chi connectivity index (χ3v) is 2.38. The second-order valence-electron chi connectivity index (χ2n) is 4.19. The quantitative estimate of drug-likeness (QED) is 0.694. The van der Waals surface area contributed by atoms with Crippen molar-refractivity contribution < 1.29 is 13.2 Å². The van der Waals surface area contributed by atoms with Crippen molar-refractivity contribution in [1.29, 1.82) is 0 Å². The second-order valence-corrected chi connectivity index (χ2v) is 4.19. The molecule has 15 heavy (non-hydrogen) atoms. The van der Waals surface area contributed by atoms with Gasteiger partial charge in [-0.1, -0.05) is 26.0 Å². The van der Waals surface area contributed by atoms with Crippen molar-refractivity contribution in [3.8, 4) is 0 Å². The lowest BCUT2D eigenvalue weighted by atomic mass is 9.95. The molecule has 0 bridgehead atoms. The lowest BCUT2D eigenvalue weighted by Crippen LogP contribution is -2.09. The molecule has 1 aromatic carbocycles. The first kappa shape index (κ1) is 12.1. The van der Waals surface area contributed by atoms with Crippen molar-refractivity contribution in [3.63, 3.8) is 0 Å². The summed E-state index contributed by atoms with van der Waals surface area (Å²) in [6.07, 6.45) is -3.55. The highest BCUT2D eigenvalue weighted by Gasteiger charge is 2.32. The number of alkyl halides is 3. The summed E-state index contributed by atoms with van der Waals surface area (Å²) < 4.78 is 37.7. The maximum Gasteiger partial charge on any atom is 0.416 e. The predicted molar refractivity (Wildman–Crippen MR) is 54.7 cm³/mol. The van der Waals surface area contributed by atoms with Crippen molar-refractivity contribution in [1.82, 2.24) is 0 Å². The highest BCUT2D eigenvalue weighted by atomic mass is 19.4. The smallest absolute Gasteiger partial charge is 0.166 e. The fourth-order valence-corrected chi connectivity index (χ4v) is 1.65. The van der Waals surface area contributed by atoms with Crippen LogP contribution in [0.5, 0.6) is 0 Å². The van der Waals surface area contributed by atoms with Crippen LogP contribution in [0.1, 0.15) is 30.5 Å². The zero-order valence-corrected chi connectivity index (χ0v) is 9.15. The highest BCUT2D eigenvalue weighted by molar-refractivity contribution is 5.36. The van der Waals surface area contributed by atoms with E-state index in [1.165, 1.54) is 6.07 Å². The molecule has 0 radical (unpaired) electrons. The van der Waals surface area contributed by atoms with Crippen LogP contribution in [0.25, 0.3) is 0 Å². The van der Waals surface area contributed by atoms with Gasteiger partial charge in [0.15, 0.2) is 0 Å². The predicted octanol–water partition coefficient (Wildman–Crippen LogP) is 4.21. The van der Waals surface area contributed by atoms with Crippen LogP contribution in [0.3, 0.4) is 0 Å². The Labute approximate surface area is 88.1 Å². The summed E-state index contributed by atoms with van der Waals surface area (Å²) in [5, 5.41) is 0. The fourth-order valence-electron chi connectivity index (χ4n) is 1.65. The molecule has 1 aromatic rings. The van der Waals surface area contributed by atoms with Crippen molar-refractivity contribution in [2.75, 3.05) is 0 Å². The molecule has 0 saturated carbocycles. The van der Waals surface area contributed by atoms with E-state index in [4.69, 9.17) is 0 Å². The molecule has 0 atom stereocenters.